The van der Waals surface area contributed by atoms with Crippen molar-refractivity contribution in [2.24, 2.45) is 12.0 Å². The molecule has 1 aromatic rings. The van der Waals surface area contributed by atoms with Crippen molar-refractivity contribution in [1.29, 1.82) is 0 Å². The molecule has 0 bridgehead atoms. The first-order valence-corrected chi connectivity index (χ1v) is 8.89. The Kier molecular flexibility index (Phi) is 5.20. The minimum absolute atomic E-state index is 0.571. The average molecular weight is 318 g/mol. The lowest BCUT2D eigenvalue weighted by Gasteiger charge is -2.23. The zero-order chi connectivity index (χ0) is 16.2. The highest BCUT2D eigenvalue weighted by atomic mass is 15.3. The number of guanidine groups is 1. The number of aliphatic imine (C=N–C) groups is 1. The van der Waals surface area contributed by atoms with Crippen LogP contribution in [-0.4, -0.2) is 71.4 Å². The zero-order valence-corrected chi connectivity index (χ0v) is 14.7. The number of likely N-dealkylation sites (tertiary alicyclic amines) is 2. The van der Waals surface area contributed by atoms with Gasteiger partial charge in [0.15, 0.2) is 5.96 Å². The normalized spacial score (nSPS) is 26.2. The molecule has 0 amide bonds. The molecule has 0 spiro atoms. The SMILES string of the molecule is CCNC(=NCC1CCCN1C)N1CCC(c2cnn(C)c2)C1. The highest BCUT2D eigenvalue weighted by Crippen LogP contribution is 2.26. The van der Waals surface area contributed by atoms with E-state index in [1.165, 1.54) is 31.4 Å². The molecule has 3 heterocycles. The van der Waals surface area contributed by atoms with E-state index in [9.17, 15) is 0 Å². The monoisotopic (exact) mass is 318 g/mol. The summed E-state index contributed by atoms with van der Waals surface area (Å²) in [5, 5.41) is 7.79. The van der Waals surface area contributed by atoms with Gasteiger partial charge in [0.25, 0.3) is 0 Å². The predicted molar refractivity (Wildman–Crippen MR) is 93.8 cm³/mol. The van der Waals surface area contributed by atoms with E-state index >= 15 is 0 Å². The summed E-state index contributed by atoms with van der Waals surface area (Å²) < 4.78 is 1.90. The fourth-order valence-corrected chi connectivity index (χ4v) is 3.70. The summed E-state index contributed by atoms with van der Waals surface area (Å²) in [7, 11) is 4.20. The molecule has 3 rings (SSSR count). The molecule has 2 saturated heterocycles. The van der Waals surface area contributed by atoms with Crippen LogP contribution in [0.25, 0.3) is 0 Å². The van der Waals surface area contributed by atoms with Crippen LogP contribution in [0.2, 0.25) is 0 Å². The van der Waals surface area contributed by atoms with Crippen molar-refractivity contribution in [3.63, 3.8) is 0 Å². The van der Waals surface area contributed by atoms with E-state index in [0.717, 1.165) is 32.1 Å². The molecular formula is C17H30N6. The minimum Gasteiger partial charge on any atom is -0.357 e. The van der Waals surface area contributed by atoms with Gasteiger partial charge >= 0.3 is 0 Å². The molecule has 0 saturated carbocycles. The summed E-state index contributed by atoms with van der Waals surface area (Å²) >= 11 is 0. The smallest absolute Gasteiger partial charge is 0.193 e. The molecule has 0 aliphatic carbocycles. The van der Waals surface area contributed by atoms with Crippen LogP contribution < -0.4 is 5.32 Å². The van der Waals surface area contributed by atoms with Gasteiger partial charge in [-0.15, -0.1) is 0 Å². The number of aryl methyl sites for hydroxylation is 1. The van der Waals surface area contributed by atoms with Gasteiger partial charge < -0.3 is 15.1 Å². The number of hydrogen-bond donors (Lipinski definition) is 1. The third-order valence-electron chi connectivity index (χ3n) is 5.14. The first-order valence-electron chi connectivity index (χ1n) is 8.89. The van der Waals surface area contributed by atoms with Crippen molar-refractivity contribution in [1.82, 2.24) is 24.9 Å². The second-order valence-electron chi connectivity index (χ2n) is 6.85. The van der Waals surface area contributed by atoms with Crippen molar-refractivity contribution in [2.45, 2.75) is 38.1 Å². The Hall–Kier alpha value is -1.56. The van der Waals surface area contributed by atoms with Crippen LogP contribution in [0.3, 0.4) is 0 Å². The van der Waals surface area contributed by atoms with E-state index in [0.29, 0.717) is 12.0 Å². The highest BCUT2D eigenvalue weighted by molar-refractivity contribution is 5.80. The van der Waals surface area contributed by atoms with Crippen molar-refractivity contribution < 1.29 is 0 Å². The van der Waals surface area contributed by atoms with Gasteiger partial charge in [0.1, 0.15) is 0 Å². The first-order chi connectivity index (χ1) is 11.2. The van der Waals surface area contributed by atoms with E-state index < -0.39 is 0 Å². The standard InChI is InChI=1S/C17H30N6/c1-4-18-17(19-11-16-6-5-8-21(16)2)23-9-7-14(13-23)15-10-20-22(3)12-15/h10,12,14,16H,4-9,11,13H2,1-3H3,(H,18,19). The zero-order valence-electron chi connectivity index (χ0n) is 14.7. The maximum Gasteiger partial charge on any atom is 0.193 e. The number of rotatable bonds is 4. The van der Waals surface area contributed by atoms with Crippen LogP contribution in [0.5, 0.6) is 0 Å². The fourth-order valence-electron chi connectivity index (χ4n) is 3.70. The Morgan fingerprint density at radius 1 is 1.35 bits per heavy atom. The van der Waals surface area contributed by atoms with Crippen LogP contribution in [0.4, 0.5) is 0 Å². The fraction of sp³-hybridized carbons (Fsp3) is 0.765. The largest absolute Gasteiger partial charge is 0.357 e. The third kappa shape index (κ3) is 3.86. The molecule has 128 valence electrons. The van der Waals surface area contributed by atoms with Crippen molar-refractivity contribution in [2.75, 3.05) is 39.8 Å². The summed E-state index contributed by atoms with van der Waals surface area (Å²) in [6.45, 7) is 7.31. The number of hydrogen-bond acceptors (Lipinski definition) is 3. The van der Waals surface area contributed by atoms with Crippen LogP contribution in [-0.2, 0) is 7.05 Å². The van der Waals surface area contributed by atoms with Gasteiger partial charge in [0.05, 0.1) is 12.7 Å². The van der Waals surface area contributed by atoms with Crippen molar-refractivity contribution >= 4 is 5.96 Å². The van der Waals surface area contributed by atoms with E-state index in [1.807, 2.05) is 17.9 Å². The summed E-state index contributed by atoms with van der Waals surface area (Å²) in [6.07, 6.45) is 7.91. The lowest BCUT2D eigenvalue weighted by atomic mass is 10.0. The minimum atomic E-state index is 0.571. The maximum absolute atomic E-state index is 4.93. The molecule has 0 radical (unpaired) electrons. The molecule has 1 aromatic heterocycles. The Morgan fingerprint density at radius 3 is 2.87 bits per heavy atom. The second kappa shape index (κ2) is 7.34. The van der Waals surface area contributed by atoms with Gasteiger partial charge in [-0.3, -0.25) is 9.67 Å². The number of likely N-dealkylation sites (N-methyl/N-ethyl adjacent to an activating group) is 1. The quantitative estimate of drug-likeness (QED) is 0.671. The second-order valence-corrected chi connectivity index (χ2v) is 6.85. The topological polar surface area (TPSA) is 48.7 Å². The third-order valence-corrected chi connectivity index (χ3v) is 5.14. The highest BCUT2D eigenvalue weighted by Gasteiger charge is 2.27. The Balaban J connectivity index is 1.62. The molecule has 6 nitrogen and oxygen atoms in total. The average Bonchev–Trinajstić information content (AvgIpc) is 3.25. The molecule has 2 atom stereocenters. The van der Waals surface area contributed by atoms with Gasteiger partial charge in [-0.1, -0.05) is 0 Å². The molecular weight excluding hydrogens is 288 g/mol. The Morgan fingerprint density at radius 2 is 2.22 bits per heavy atom. The number of aromatic nitrogens is 2. The number of nitrogens with one attached hydrogen (secondary N) is 1. The van der Waals surface area contributed by atoms with Crippen LogP contribution in [0, 0.1) is 0 Å². The maximum atomic E-state index is 4.93. The first kappa shape index (κ1) is 16.3. The molecule has 2 fully saturated rings. The lowest BCUT2D eigenvalue weighted by molar-refractivity contribution is 0.316. The lowest BCUT2D eigenvalue weighted by Crippen LogP contribution is -2.41. The molecule has 1 N–H and O–H groups in total. The van der Waals surface area contributed by atoms with Crippen LogP contribution in [0.1, 0.15) is 37.7 Å². The Bertz CT molecular complexity index is 537. The van der Waals surface area contributed by atoms with Crippen LogP contribution >= 0.6 is 0 Å². The summed E-state index contributed by atoms with van der Waals surface area (Å²) in [4.78, 5) is 9.78. The Labute approximate surface area is 139 Å². The van der Waals surface area contributed by atoms with Crippen LogP contribution in [0.15, 0.2) is 17.4 Å². The van der Waals surface area contributed by atoms with Gasteiger partial charge in [-0.05, 0) is 45.3 Å². The summed E-state index contributed by atoms with van der Waals surface area (Å²) in [5.74, 6) is 1.65. The molecule has 2 aliphatic rings. The molecule has 2 unspecified atom stereocenters. The van der Waals surface area contributed by atoms with Gasteiger partial charge in [0.2, 0.25) is 0 Å². The van der Waals surface area contributed by atoms with Gasteiger partial charge in [0, 0.05) is 44.8 Å². The van der Waals surface area contributed by atoms with Crippen molar-refractivity contribution in [3.05, 3.63) is 18.0 Å². The van der Waals surface area contributed by atoms with E-state index in [2.05, 4.69) is 40.4 Å². The number of nitrogens with zero attached hydrogens (tertiary/aromatic N) is 5. The van der Waals surface area contributed by atoms with Crippen molar-refractivity contribution in [3.8, 4) is 0 Å². The van der Waals surface area contributed by atoms with Gasteiger partial charge in [-0.25, -0.2) is 0 Å². The van der Waals surface area contributed by atoms with E-state index in [1.54, 1.807) is 0 Å². The summed E-state index contributed by atoms with van der Waals surface area (Å²) in [5.41, 5.74) is 1.35. The molecule has 23 heavy (non-hydrogen) atoms. The molecule has 6 heteroatoms. The van der Waals surface area contributed by atoms with E-state index in [-0.39, 0.29) is 0 Å². The van der Waals surface area contributed by atoms with E-state index in [4.69, 9.17) is 4.99 Å². The van der Waals surface area contributed by atoms with Gasteiger partial charge in [-0.2, -0.15) is 5.10 Å². The summed E-state index contributed by atoms with van der Waals surface area (Å²) in [6, 6.07) is 0.611. The molecule has 0 aromatic carbocycles. The predicted octanol–water partition coefficient (Wildman–Crippen LogP) is 1.27. The molecule has 2 aliphatic heterocycles.